The Labute approximate surface area is 146 Å². The van der Waals surface area contributed by atoms with Crippen molar-refractivity contribution in [3.63, 3.8) is 0 Å². The number of urea groups is 1. The first kappa shape index (κ1) is 18.4. The van der Waals surface area contributed by atoms with Crippen LogP contribution in [0.4, 0.5) is 10.5 Å². The van der Waals surface area contributed by atoms with Gasteiger partial charge in [-0.2, -0.15) is 0 Å². The molecule has 0 saturated carbocycles. The Balaban J connectivity index is 1.91. The van der Waals surface area contributed by atoms with Gasteiger partial charge in [0.05, 0.1) is 13.7 Å². The van der Waals surface area contributed by atoms with Crippen LogP contribution in [0, 0.1) is 0 Å². The molecule has 0 radical (unpaired) electrons. The van der Waals surface area contributed by atoms with Gasteiger partial charge in [-0.1, -0.05) is 24.3 Å². The van der Waals surface area contributed by atoms with Crippen LogP contribution >= 0.6 is 0 Å². The number of aliphatic hydroxyl groups excluding tert-OH is 1. The molecule has 0 atom stereocenters. The van der Waals surface area contributed by atoms with Crippen molar-refractivity contribution in [2.75, 3.05) is 19.5 Å². The molecule has 25 heavy (non-hydrogen) atoms. The van der Waals surface area contributed by atoms with Crippen LogP contribution in [0.2, 0.25) is 0 Å². The summed E-state index contributed by atoms with van der Waals surface area (Å²) in [6, 6.07) is 13.4. The number of carbonyl (C=O) groups is 2. The Morgan fingerprint density at radius 1 is 1.08 bits per heavy atom. The smallest absolute Gasteiger partial charge is 0.319 e. The van der Waals surface area contributed by atoms with E-state index in [9.17, 15) is 14.7 Å². The number of nitrogens with zero attached hydrogens (tertiary/aromatic N) is 1. The summed E-state index contributed by atoms with van der Waals surface area (Å²) in [6.07, 6.45) is 0. The van der Waals surface area contributed by atoms with Gasteiger partial charge in [0.25, 0.3) is 5.91 Å². The predicted molar refractivity (Wildman–Crippen MR) is 93.8 cm³/mol. The van der Waals surface area contributed by atoms with E-state index in [2.05, 4.69) is 10.6 Å². The first-order valence-electron chi connectivity index (χ1n) is 7.70. The minimum absolute atomic E-state index is 0.0785. The minimum Gasteiger partial charge on any atom is -0.392 e. The van der Waals surface area contributed by atoms with E-state index in [1.165, 1.54) is 14.2 Å². The van der Waals surface area contributed by atoms with Crippen molar-refractivity contribution in [3.8, 4) is 0 Å². The Hall–Kier alpha value is -2.90. The van der Waals surface area contributed by atoms with Gasteiger partial charge in [0.1, 0.15) is 0 Å². The van der Waals surface area contributed by atoms with Crippen molar-refractivity contribution < 1.29 is 19.5 Å². The van der Waals surface area contributed by atoms with Gasteiger partial charge in [0.2, 0.25) is 0 Å². The summed E-state index contributed by atoms with van der Waals surface area (Å²) in [4.78, 5) is 28.7. The summed E-state index contributed by atoms with van der Waals surface area (Å²) in [5, 5.41) is 15.8. The molecule has 0 fully saturated rings. The van der Waals surface area contributed by atoms with Crippen LogP contribution in [0.5, 0.6) is 0 Å². The molecule has 0 bridgehead atoms. The molecule has 0 aliphatic heterocycles. The third-order valence-corrected chi connectivity index (χ3v) is 3.68. The van der Waals surface area contributed by atoms with Crippen molar-refractivity contribution in [1.29, 1.82) is 0 Å². The second-order valence-corrected chi connectivity index (χ2v) is 5.30. The number of benzene rings is 2. The van der Waals surface area contributed by atoms with E-state index in [4.69, 9.17) is 4.84 Å². The summed E-state index contributed by atoms with van der Waals surface area (Å²) in [6.45, 7) is 0.225. The van der Waals surface area contributed by atoms with Gasteiger partial charge in [0, 0.05) is 24.8 Å². The molecular formula is C18H21N3O4. The number of hydrogen-bond donors (Lipinski definition) is 3. The maximum absolute atomic E-state index is 12.0. The highest BCUT2D eigenvalue weighted by molar-refractivity contribution is 5.94. The highest BCUT2D eigenvalue weighted by atomic mass is 16.7. The van der Waals surface area contributed by atoms with Crippen LogP contribution in [0.3, 0.4) is 0 Å². The fourth-order valence-electron chi connectivity index (χ4n) is 2.20. The van der Waals surface area contributed by atoms with Crippen molar-refractivity contribution >= 4 is 17.6 Å². The van der Waals surface area contributed by atoms with Gasteiger partial charge in [-0.3, -0.25) is 9.63 Å². The average Bonchev–Trinajstić information content (AvgIpc) is 2.66. The molecule has 0 aliphatic carbocycles. The highest BCUT2D eigenvalue weighted by Crippen LogP contribution is 2.12. The Morgan fingerprint density at radius 3 is 2.32 bits per heavy atom. The summed E-state index contributed by atoms with van der Waals surface area (Å²) in [5.74, 6) is -0.279. The van der Waals surface area contributed by atoms with E-state index >= 15 is 0 Å². The molecule has 0 aliphatic rings. The van der Waals surface area contributed by atoms with Crippen molar-refractivity contribution in [1.82, 2.24) is 10.4 Å². The molecular weight excluding hydrogens is 322 g/mol. The van der Waals surface area contributed by atoms with Crippen LogP contribution in [0.1, 0.15) is 21.5 Å². The zero-order chi connectivity index (χ0) is 18.2. The molecule has 7 nitrogen and oxygen atoms in total. The number of aliphatic hydroxyl groups is 1. The number of nitrogens with one attached hydrogen (secondary N) is 2. The van der Waals surface area contributed by atoms with Gasteiger partial charge < -0.3 is 15.7 Å². The van der Waals surface area contributed by atoms with Crippen molar-refractivity contribution in [2.45, 2.75) is 13.2 Å². The SMILES string of the molecule is CON(C)C(=O)c1ccc(NC(=O)NCc2ccccc2CO)cc1. The first-order chi connectivity index (χ1) is 12.0. The van der Waals surface area contributed by atoms with Crippen LogP contribution in [-0.4, -0.2) is 36.3 Å². The minimum atomic E-state index is -0.374. The second-order valence-electron chi connectivity index (χ2n) is 5.30. The van der Waals surface area contributed by atoms with E-state index in [1.54, 1.807) is 24.3 Å². The number of hydroxylamine groups is 2. The zero-order valence-corrected chi connectivity index (χ0v) is 14.2. The van der Waals surface area contributed by atoms with Gasteiger partial charge in [-0.25, -0.2) is 9.86 Å². The van der Waals surface area contributed by atoms with Crippen LogP contribution in [0.15, 0.2) is 48.5 Å². The maximum Gasteiger partial charge on any atom is 0.319 e. The zero-order valence-electron chi connectivity index (χ0n) is 14.2. The molecule has 2 aromatic rings. The Morgan fingerprint density at radius 2 is 1.72 bits per heavy atom. The number of amides is 3. The van der Waals surface area contributed by atoms with Gasteiger partial charge in [-0.15, -0.1) is 0 Å². The Kier molecular flexibility index (Phi) is 6.50. The third-order valence-electron chi connectivity index (χ3n) is 3.68. The molecule has 7 heteroatoms. The highest BCUT2D eigenvalue weighted by Gasteiger charge is 2.11. The van der Waals surface area contributed by atoms with E-state index in [0.29, 0.717) is 17.8 Å². The first-order valence-corrected chi connectivity index (χ1v) is 7.70. The van der Waals surface area contributed by atoms with E-state index in [1.807, 2.05) is 24.3 Å². The molecule has 2 rings (SSSR count). The molecule has 132 valence electrons. The second kappa shape index (κ2) is 8.81. The van der Waals surface area contributed by atoms with Gasteiger partial charge in [-0.05, 0) is 35.4 Å². The largest absolute Gasteiger partial charge is 0.392 e. The molecule has 0 spiro atoms. The van der Waals surface area contributed by atoms with Crippen LogP contribution < -0.4 is 10.6 Å². The van der Waals surface area contributed by atoms with Crippen LogP contribution in [0.25, 0.3) is 0 Å². The van der Waals surface area contributed by atoms with Gasteiger partial charge in [0.15, 0.2) is 0 Å². The molecule has 3 N–H and O–H groups in total. The summed E-state index contributed by atoms with van der Waals surface area (Å²) < 4.78 is 0. The van der Waals surface area contributed by atoms with E-state index < -0.39 is 0 Å². The maximum atomic E-state index is 12.0. The fourth-order valence-corrected chi connectivity index (χ4v) is 2.20. The molecule has 0 saturated heterocycles. The monoisotopic (exact) mass is 343 g/mol. The normalized spacial score (nSPS) is 10.2. The third kappa shape index (κ3) is 5.03. The number of hydrogen-bond acceptors (Lipinski definition) is 4. The van der Waals surface area contributed by atoms with Crippen LogP contribution in [-0.2, 0) is 18.0 Å². The molecule has 0 aromatic heterocycles. The summed E-state index contributed by atoms with van der Waals surface area (Å²) >= 11 is 0. The predicted octanol–water partition coefficient (Wildman–Crippen LogP) is 2.13. The lowest BCUT2D eigenvalue weighted by molar-refractivity contribution is -0.0756. The lowest BCUT2D eigenvalue weighted by Crippen LogP contribution is -2.28. The number of rotatable bonds is 6. The number of anilines is 1. The molecule has 2 aromatic carbocycles. The average molecular weight is 343 g/mol. The fraction of sp³-hybridized carbons (Fsp3) is 0.222. The van der Waals surface area contributed by atoms with E-state index in [-0.39, 0.29) is 18.5 Å². The summed E-state index contributed by atoms with van der Waals surface area (Å²) in [7, 11) is 2.93. The van der Waals surface area contributed by atoms with E-state index in [0.717, 1.165) is 16.2 Å². The quantitative estimate of drug-likeness (QED) is 0.701. The van der Waals surface area contributed by atoms with Gasteiger partial charge >= 0.3 is 6.03 Å². The lowest BCUT2D eigenvalue weighted by atomic mass is 10.1. The standard InChI is InChI=1S/C18H21N3O4/c1-21(25-2)17(23)13-7-9-16(10-8-13)20-18(24)19-11-14-5-3-4-6-15(14)12-22/h3-10,22H,11-12H2,1-2H3,(H2,19,20,24). The molecule has 3 amide bonds. The number of carbonyl (C=O) groups excluding carboxylic acids is 2. The molecule has 0 heterocycles. The Bertz CT molecular complexity index is 731. The van der Waals surface area contributed by atoms with Crippen molar-refractivity contribution in [3.05, 3.63) is 65.2 Å². The van der Waals surface area contributed by atoms with Crippen molar-refractivity contribution in [2.24, 2.45) is 0 Å². The topological polar surface area (TPSA) is 90.9 Å². The molecule has 0 unspecified atom stereocenters. The lowest BCUT2D eigenvalue weighted by Gasteiger charge is -2.14. The summed E-state index contributed by atoms with van der Waals surface area (Å²) in [5.41, 5.74) is 2.63.